The van der Waals surface area contributed by atoms with Crippen molar-refractivity contribution in [2.75, 3.05) is 6.54 Å². The van der Waals surface area contributed by atoms with E-state index < -0.39 is 40.7 Å². The number of thiol groups is 1. The van der Waals surface area contributed by atoms with Gasteiger partial charge in [-0.2, -0.15) is 12.6 Å². The number of carbonyl (C=O) groups excluding carboxylic acids is 2. The fourth-order valence-corrected chi connectivity index (χ4v) is 5.47. The van der Waals surface area contributed by atoms with Crippen molar-refractivity contribution in [2.45, 2.75) is 81.4 Å². The molecule has 2 aromatic rings. The van der Waals surface area contributed by atoms with Crippen molar-refractivity contribution in [3.05, 3.63) is 41.0 Å². The number of benzene rings is 1. The van der Waals surface area contributed by atoms with E-state index in [1.807, 2.05) is 31.2 Å². The number of alkyl halides is 1. The zero-order valence-electron chi connectivity index (χ0n) is 20.6. The first-order valence-corrected chi connectivity index (χ1v) is 13.3. The highest BCUT2D eigenvalue weighted by molar-refractivity contribution is 7.81. The fraction of sp³-hybridized carbons (Fsp3) is 0.560. The van der Waals surface area contributed by atoms with Gasteiger partial charge in [0.05, 0.1) is 34.3 Å². The molecule has 11 heteroatoms. The SMILES string of the molecule is Cc1ncsc1-c1ccc(CNC(=O)C2C[C@@H](O)CN2C(O)[C@@H](NC(=O)C2(F)CC2)C(C)(C)S)cc1. The van der Waals surface area contributed by atoms with Gasteiger partial charge in [0, 0.05) is 17.8 Å². The Labute approximate surface area is 219 Å². The molecule has 2 fully saturated rings. The number of aryl methyl sites for hydroxylation is 1. The molecule has 1 aromatic heterocycles. The van der Waals surface area contributed by atoms with E-state index in [1.54, 1.807) is 30.7 Å². The predicted octanol–water partition coefficient (Wildman–Crippen LogP) is 2.18. The highest BCUT2D eigenvalue weighted by atomic mass is 32.1. The molecule has 0 spiro atoms. The third kappa shape index (κ3) is 5.91. The summed E-state index contributed by atoms with van der Waals surface area (Å²) in [4.78, 5) is 32.3. The Morgan fingerprint density at radius 2 is 2.00 bits per heavy atom. The number of nitrogens with zero attached hydrogens (tertiary/aromatic N) is 2. The molecule has 196 valence electrons. The molecule has 2 aliphatic rings. The topological polar surface area (TPSA) is 115 Å². The van der Waals surface area contributed by atoms with Gasteiger partial charge in [-0.05, 0) is 51.2 Å². The van der Waals surface area contributed by atoms with Gasteiger partial charge in [0.2, 0.25) is 5.91 Å². The molecule has 36 heavy (non-hydrogen) atoms. The van der Waals surface area contributed by atoms with Crippen LogP contribution in [0.15, 0.2) is 29.8 Å². The second kappa shape index (κ2) is 10.4. The first-order chi connectivity index (χ1) is 16.9. The van der Waals surface area contributed by atoms with Crippen LogP contribution >= 0.6 is 24.0 Å². The number of amides is 2. The molecule has 4 rings (SSSR count). The largest absolute Gasteiger partial charge is 0.392 e. The number of hydrogen-bond donors (Lipinski definition) is 5. The maximum Gasteiger partial charge on any atom is 0.258 e. The van der Waals surface area contributed by atoms with Gasteiger partial charge in [-0.1, -0.05) is 24.3 Å². The van der Waals surface area contributed by atoms with Crippen molar-refractivity contribution >= 4 is 35.8 Å². The van der Waals surface area contributed by atoms with Gasteiger partial charge in [0.15, 0.2) is 5.67 Å². The number of hydrogen-bond acceptors (Lipinski definition) is 8. The molecule has 1 aromatic carbocycles. The summed E-state index contributed by atoms with van der Waals surface area (Å²) in [7, 11) is 0. The van der Waals surface area contributed by atoms with Gasteiger partial charge in [-0.3, -0.25) is 14.5 Å². The van der Waals surface area contributed by atoms with Gasteiger partial charge >= 0.3 is 0 Å². The van der Waals surface area contributed by atoms with E-state index in [-0.39, 0.29) is 38.3 Å². The molecule has 1 aliphatic heterocycles. The number of halogens is 1. The van der Waals surface area contributed by atoms with Crippen LogP contribution in [0.1, 0.15) is 44.4 Å². The van der Waals surface area contributed by atoms with E-state index in [2.05, 4.69) is 28.2 Å². The molecule has 0 bridgehead atoms. The lowest BCUT2D eigenvalue weighted by Crippen LogP contribution is -2.62. The summed E-state index contributed by atoms with van der Waals surface area (Å²) in [6, 6.07) is 6.05. The Morgan fingerprint density at radius 3 is 2.56 bits per heavy atom. The second-order valence-corrected chi connectivity index (χ2v) is 12.3. The van der Waals surface area contributed by atoms with Crippen LogP contribution in [0.2, 0.25) is 0 Å². The van der Waals surface area contributed by atoms with Crippen molar-refractivity contribution < 1.29 is 24.2 Å². The van der Waals surface area contributed by atoms with Crippen molar-refractivity contribution in [2.24, 2.45) is 0 Å². The summed E-state index contributed by atoms with van der Waals surface area (Å²) in [5.41, 5.74) is 2.83. The van der Waals surface area contributed by atoms with Crippen LogP contribution in [0, 0.1) is 6.92 Å². The molecule has 0 radical (unpaired) electrons. The Bertz CT molecular complexity index is 1100. The lowest BCUT2D eigenvalue weighted by Gasteiger charge is -2.40. The number of likely N-dealkylation sites (tertiary alicyclic amines) is 1. The highest BCUT2D eigenvalue weighted by Gasteiger charge is 2.53. The number of nitrogens with one attached hydrogen (secondary N) is 2. The predicted molar refractivity (Wildman–Crippen MR) is 139 cm³/mol. The molecule has 4 atom stereocenters. The second-order valence-electron chi connectivity index (χ2n) is 10.3. The van der Waals surface area contributed by atoms with Crippen molar-refractivity contribution in [1.82, 2.24) is 20.5 Å². The van der Waals surface area contributed by atoms with Crippen LogP contribution in [-0.4, -0.2) is 73.3 Å². The first kappa shape index (κ1) is 27.0. The van der Waals surface area contributed by atoms with Crippen LogP contribution < -0.4 is 10.6 Å². The Balaban J connectivity index is 1.41. The van der Waals surface area contributed by atoms with Crippen molar-refractivity contribution in [1.29, 1.82) is 0 Å². The molecular weight excluding hydrogens is 503 g/mol. The van der Waals surface area contributed by atoms with Gasteiger partial charge < -0.3 is 20.8 Å². The molecule has 8 nitrogen and oxygen atoms in total. The van der Waals surface area contributed by atoms with E-state index in [4.69, 9.17) is 0 Å². The summed E-state index contributed by atoms with van der Waals surface area (Å²) in [5.74, 6) is -1.13. The van der Waals surface area contributed by atoms with Gasteiger partial charge in [-0.25, -0.2) is 9.37 Å². The molecule has 1 saturated heterocycles. The van der Waals surface area contributed by atoms with Crippen LogP contribution in [-0.2, 0) is 16.1 Å². The summed E-state index contributed by atoms with van der Waals surface area (Å²) in [5, 5.41) is 27.0. The van der Waals surface area contributed by atoms with E-state index in [1.165, 1.54) is 4.90 Å². The van der Waals surface area contributed by atoms with Gasteiger partial charge in [0.1, 0.15) is 6.23 Å². The highest BCUT2D eigenvalue weighted by Crippen LogP contribution is 2.40. The number of aromatic nitrogens is 1. The van der Waals surface area contributed by atoms with E-state index in [9.17, 15) is 24.2 Å². The fourth-order valence-electron chi connectivity index (χ4n) is 4.46. The number of β-amino-alcohol motifs (C(OH)–C–C–N with tert-alkyl or cyclic N) is 1. The summed E-state index contributed by atoms with van der Waals surface area (Å²) < 4.78 is 13.4. The minimum Gasteiger partial charge on any atom is -0.392 e. The minimum absolute atomic E-state index is 0.0408. The number of rotatable bonds is 9. The normalized spacial score (nSPS) is 23.2. The lowest BCUT2D eigenvalue weighted by atomic mass is 9.99. The zero-order valence-corrected chi connectivity index (χ0v) is 22.3. The zero-order chi connectivity index (χ0) is 26.3. The van der Waals surface area contributed by atoms with Gasteiger partial charge in [-0.15, -0.1) is 11.3 Å². The monoisotopic (exact) mass is 536 g/mol. The van der Waals surface area contributed by atoms with E-state index in [0.717, 1.165) is 21.7 Å². The quantitative estimate of drug-likeness (QED) is 0.314. The molecule has 2 heterocycles. The van der Waals surface area contributed by atoms with Crippen LogP contribution in [0.4, 0.5) is 4.39 Å². The number of carbonyl (C=O) groups is 2. The smallest absolute Gasteiger partial charge is 0.258 e. The standard InChI is InChI=1S/C25H33FN4O4S2/c1-14-19(36-13-28-14)16-6-4-15(5-7-16)11-27-21(32)18-10-17(31)12-30(18)22(33)20(24(2,3)35)29-23(34)25(26)8-9-25/h4-7,13,17-18,20,22,31,33,35H,8-12H2,1-3H3,(H,27,32)(H,29,34)/t17-,18?,20-,22?/m1/s1. The molecule has 1 saturated carbocycles. The van der Waals surface area contributed by atoms with Crippen LogP contribution in [0.3, 0.4) is 0 Å². The molecule has 4 N–H and O–H groups in total. The van der Waals surface area contributed by atoms with E-state index >= 15 is 0 Å². The summed E-state index contributed by atoms with van der Waals surface area (Å²) in [6.07, 6.45) is -1.75. The maximum absolute atomic E-state index is 14.3. The maximum atomic E-state index is 14.3. The summed E-state index contributed by atoms with van der Waals surface area (Å²) >= 11 is 6.08. The van der Waals surface area contributed by atoms with Gasteiger partial charge in [0.25, 0.3) is 5.91 Å². The Hall–Kier alpha value is -2.05. The molecular formula is C25H33FN4O4S2. The van der Waals surface area contributed by atoms with Crippen molar-refractivity contribution in [3.8, 4) is 10.4 Å². The number of aliphatic hydroxyl groups excluding tert-OH is 2. The van der Waals surface area contributed by atoms with Crippen molar-refractivity contribution in [3.63, 3.8) is 0 Å². The summed E-state index contributed by atoms with van der Waals surface area (Å²) in [6.45, 7) is 5.67. The number of thiazole rings is 1. The first-order valence-electron chi connectivity index (χ1n) is 12.0. The lowest BCUT2D eigenvalue weighted by molar-refractivity contribution is -0.135. The Kier molecular flexibility index (Phi) is 7.78. The van der Waals surface area contributed by atoms with E-state index in [0.29, 0.717) is 0 Å². The molecule has 2 amide bonds. The number of aliphatic hydroxyl groups is 2. The van der Waals surface area contributed by atoms with Crippen LogP contribution in [0.5, 0.6) is 0 Å². The average molecular weight is 537 g/mol. The third-order valence-electron chi connectivity index (χ3n) is 6.83. The van der Waals surface area contributed by atoms with Crippen LogP contribution in [0.25, 0.3) is 10.4 Å². The Morgan fingerprint density at radius 1 is 1.33 bits per heavy atom. The third-order valence-corrected chi connectivity index (χ3v) is 8.09. The molecule has 2 unspecified atom stereocenters. The minimum atomic E-state index is -1.91. The molecule has 1 aliphatic carbocycles. The average Bonchev–Trinajstić information content (AvgIpc) is 3.23.